The summed E-state index contributed by atoms with van der Waals surface area (Å²) in [5, 5.41) is 7.83. The van der Waals surface area contributed by atoms with Crippen LogP contribution in [-0.2, 0) is 11.8 Å². The van der Waals surface area contributed by atoms with Crippen LogP contribution >= 0.6 is 0 Å². The van der Waals surface area contributed by atoms with Crippen LogP contribution < -0.4 is 5.32 Å². The van der Waals surface area contributed by atoms with Gasteiger partial charge >= 0.3 is 0 Å². The van der Waals surface area contributed by atoms with E-state index in [1.807, 2.05) is 17.9 Å². The molecule has 1 aliphatic carbocycles. The Kier molecular flexibility index (Phi) is 3.61. The van der Waals surface area contributed by atoms with Crippen molar-refractivity contribution in [3.05, 3.63) is 18.0 Å². The molecular formula is C12H21N3O. The number of methoxy groups -OCH3 is 1. The lowest BCUT2D eigenvalue weighted by Crippen LogP contribution is -2.38. The van der Waals surface area contributed by atoms with Crippen molar-refractivity contribution in [2.75, 3.05) is 7.11 Å². The Hall–Kier alpha value is -0.870. The van der Waals surface area contributed by atoms with Gasteiger partial charge in [0.2, 0.25) is 0 Å². The highest BCUT2D eigenvalue weighted by Crippen LogP contribution is 2.24. The Balaban J connectivity index is 1.94. The number of hydrogen-bond donors (Lipinski definition) is 1. The Bertz CT molecular complexity index is 337. The van der Waals surface area contributed by atoms with E-state index in [4.69, 9.17) is 4.74 Å². The van der Waals surface area contributed by atoms with Crippen molar-refractivity contribution >= 4 is 0 Å². The minimum atomic E-state index is 0.342. The fourth-order valence-corrected chi connectivity index (χ4v) is 2.48. The first kappa shape index (κ1) is 11.6. The fraction of sp³-hybridized carbons (Fsp3) is 0.750. The van der Waals surface area contributed by atoms with Crippen molar-refractivity contribution in [3.8, 4) is 0 Å². The van der Waals surface area contributed by atoms with Gasteiger partial charge in [-0.2, -0.15) is 5.10 Å². The van der Waals surface area contributed by atoms with Gasteiger partial charge in [-0.15, -0.1) is 0 Å². The predicted octanol–water partition coefficient (Wildman–Crippen LogP) is 1.64. The number of nitrogens with one attached hydrogen (secondary N) is 1. The van der Waals surface area contributed by atoms with Gasteiger partial charge in [0.1, 0.15) is 0 Å². The number of rotatable bonds is 4. The first-order valence-electron chi connectivity index (χ1n) is 5.98. The highest BCUT2D eigenvalue weighted by Gasteiger charge is 2.28. The summed E-state index contributed by atoms with van der Waals surface area (Å²) in [6.07, 6.45) is 8.01. The third-order valence-electron chi connectivity index (χ3n) is 3.44. The van der Waals surface area contributed by atoms with Gasteiger partial charge in [-0.1, -0.05) is 0 Å². The summed E-state index contributed by atoms with van der Waals surface area (Å²) < 4.78 is 7.33. The maximum atomic E-state index is 5.48. The van der Waals surface area contributed by atoms with Crippen LogP contribution in [0.5, 0.6) is 0 Å². The van der Waals surface area contributed by atoms with Gasteiger partial charge in [0.05, 0.1) is 12.3 Å². The van der Waals surface area contributed by atoms with Gasteiger partial charge in [-0.3, -0.25) is 4.68 Å². The molecule has 4 nitrogen and oxygen atoms in total. The second-order valence-electron chi connectivity index (χ2n) is 4.65. The topological polar surface area (TPSA) is 39.1 Å². The summed E-state index contributed by atoms with van der Waals surface area (Å²) in [6, 6.07) is 0.828. The molecule has 3 unspecified atom stereocenters. The molecule has 1 N–H and O–H groups in total. The zero-order chi connectivity index (χ0) is 11.5. The van der Waals surface area contributed by atoms with Crippen LogP contribution in [-0.4, -0.2) is 29.0 Å². The number of nitrogens with zero attached hydrogens (tertiary/aromatic N) is 2. The summed E-state index contributed by atoms with van der Waals surface area (Å²) in [6.45, 7) is 2.18. The summed E-state index contributed by atoms with van der Waals surface area (Å²) in [5.41, 5.74) is 1.24. The molecular weight excluding hydrogens is 202 g/mol. The molecule has 3 atom stereocenters. The van der Waals surface area contributed by atoms with E-state index < -0.39 is 0 Å². The van der Waals surface area contributed by atoms with Gasteiger partial charge < -0.3 is 10.1 Å². The van der Waals surface area contributed by atoms with Crippen molar-refractivity contribution in [2.45, 2.75) is 44.4 Å². The Morgan fingerprint density at radius 1 is 1.56 bits per heavy atom. The summed E-state index contributed by atoms with van der Waals surface area (Å²) in [4.78, 5) is 0. The minimum Gasteiger partial charge on any atom is -0.380 e. The van der Waals surface area contributed by atoms with Crippen LogP contribution in [0.2, 0.25) is 0 Å². The normalized spacial score (nSPS) is 27.2. The molecule has 0 saturated heterocycles. The van der Waals surface area contributed by atoms with Crippen LogP contribution in [0.3, 0.4) is 0 Å². The summed E-state index contributed by atoms with van der Waals surface area (Å²) >= 11 is 0. The van der Waals surface area contributed by atoms with Gasteiger partial charge in [-0.05, 0) is 26.2 Å². The molecule has 0 aromatic carbocycles. The lowest BCUT2D eigenvalue weighted by molar-refractivity contribution is 0.0820. The molecule has 1 fully saturated rings. The third kappa shape index (κ3) is 2.44. The van der Waals surface area contributed by atoms with Gasteiger partial charge in [-0.25, -0.2) is 0 Å². The van der Waals surface area contributed by atoms with E-state index in [9.17, 15) is 0 Å². The van der Waals surface area contributed by atoms with Crippen molar-refractivity contribution in [2.24, 2.45) is 7.05 Å². The summed E-state index contributed by atoms with van der Waals surface area (Å²) in [5.74, 6) is 0. The molecule has 0 amide bonds. The van der Waals surface area contributed by atoms with E-state index in [-0.39, 0.29) is 0 Å². The number of hydrogen-bond acceptors (Lipinski definition) is 3. The minimum absolute atomic E-state index is 0.342. The molecule has 0 spiro atoms. The van der Waals surface area contributed by atoms with E-state index in [1.54, 1.807) is 7.11 Å². The molecule has 1 aliphatic rings. The molecule has 1 heterocycles. The monoisotopic (exact) mass is 223 g/mol. The quantitative estimate of drug-likeness (QED) is 0.843. The molecule has 1 aromatic heterocycles. The maximum absolute atomic E-state index is 5.48. The lowest BCUT2D eigenvalue weighted by atomic mass is 10.1. The number of aryl methyl sites for hydroxylation is 1. The third-order valence-corrected chi connectivity index (χ3v) is 3.44. The molecule has 4 heteroatoms. The summed E-state index contributed by atoms with van der Waals surface area (Å²) in [7, 11) is 3.75. The zero-order valence-corrected chi connectivity index (χ0v) is 10.3. The maximum Gasteiger partial charge on any atom is 0.0724 e. The van der Waals surface area contributed by atoms with Crippen molar-refractivity contribution < 1.29 is 4.74 Å². The van der Waals surface area contributed by atoms with E-state index in [2.05, 4.69) is 23.5 Å². The highest BCUT2D eigenvalue weighted by molar-refractivity contribution is 5.09. The van der Waals surface area contributed by atoms with E-state index in [0.29, 0.717) is 18.2 Å². The van der Waals surface area contributed by atoms with Crippen LogP contribution in [0.1, 0.15) is 37.8 Å². The number of ether oxygens (including phenoxy) is 1. The van der Waals surface area contributed by atoms with Crippen molar-refractivity contribution in [1.82, 2.24) is 15.1 Å². The predicted molar refractivity (Wildman–Crippen MR) is 63.2 cm³/mol. The van der Waals surface area contributed by atoms with Crippen LogP contribution in [0.4, 0.5) is 0 Å². The van der Waals surface area contributed by atoms with E-state index in [1.165, 1.54) is 24.8 Å². The largest absolute Gasteiger partial charge is 0.380 e. The van der Waals surface area contributed by atoms with Crippen LogP contribution in [0.15, 0.2) is 12.4 Å². The average Bonchev–Trinajstić information content (AvgIpc) is 2.86. The molecule has 1 aromatic rings. The van der Waals surface area contributed by atoms with Crippen molar-refractivity contribution in [1.29, 1.82) is 0 Å². The van der Waals surface area contributed by atoms with E-state index >= 15 is 0 Å². The van der Waals surface area contributed by atoms with Gasteiger partial charge in [0, 0.05) is 38.0 Å². The zero-order valence-electron chi connectivity index (χ0n) is 10.3. The average molecular weight is 223 g/mol. The SMILES string of the molecule is COC1CCCC1NC(C)c1cnn(C)c1. The Morgan fingerprint density at radius 2 is 2.38 bits per heavy atom. The standard InChI is InChI=1S/C12H21N3O/c1-9(10-7-13-15(2)8-10)14-11-5-4-6-12(11)16-3/h7-9,11-12,14H,4-6H2,1-3H3. The Labute approximate surface area is 97.0 Å². The molecule has 1 saturated carbocycles. The first-order chi connectivity index (χ1) is 7.70. The highest BCUT2D eigenvalue weighted by atomic mass is 16.5. The second-order valence-corrected chi connectivity index (χ2v) is 4.65. The fourth-order valence-electron chi connectivity index (χ4n) is 2.48. The first-order valence-corrected chi connectivity index (χ1v) is 5.98. The molecule has 0 bridgehead atoms. The van der Waals surface area contributed by atoms with E-state index in [0.717, 1.165) is 0 Å². The van der Waals surface area contributed by atoms with Gasteiger partial charge in [0.25, 0.3) is 0 Å². The molecule has 90 valence electrons. The molecule has 16 heavy (non-hydrogen) atoms. The molecule has 0 radical (unpaired) electrons. The van der Waals surface area contributed by atoms with Gasteiger partial charge in [0.15, 0.2) is 0 Å². The molecule has 2 rings (SSSR count). The molecule has 0 aliphatic heterocycles. The second kappa shape index (κ2) is 4.97. The van der Waals surface area contributed by atoms with Crippen LogP contribution in [0.25, 0.3) is 0 Å². The Morgan fingerprint density at radius 3 is 3.00 bits per heavy atom. The smallest absolute Gasteiger partial charge is 0.0724 e. The lowest BCUT2D eigenvalue weighted by Gasteiger charge is -2.23. The van der Waals surface area contributed by atoms with Crippen LogP contribution in [0, 0.1) is 0 Å². The number of aromatic nitrogens is 2. The van der Waals surface area contributed by atoms with Crippen molar-refractivity contribution in [3.63, 3.8) is 0 Å².